The Morgan fingerprint density at radius 1 is 1.03 bits per heavy atom. The number of rotatable bonds is 6. The Morgan fingerprint density at radius 2 is 1.66 bits per heavy atom. The van der Waals surface area contributed by atoms with Gasteiger partial charge in [-0.15, -0.1) is 0 Å². The van der Waals surface area contributed by atoms with Crippen molar-refractivity contribution in [2.45, 2.75) is 11.8 Å². The normalized spacial score (nSPS) is 10.9. The van der Waals surface area contributed by atoms with Gasteiger partial charge in [0.05, 0.1) is 10.5 Å². The molecule has 154 valence electrons. The van der Waals surface area contributed by atoms with Crippen LogP contribution >= 0.6 is 0 Å². The highest BCUT2D eigenvalue weighted by molar-refractivity contribution is 7.90. The van der Waals surface area contributed by atoms with E-state index in [0.29, 0.717) is 16.8 Å². The zero-order valence-electron chi connectivity index (χ0n) is 16.6. The molecule has 9 heteroatoms. The van der Waals surface area contributed by atoms with Crippen molar-refractivity contribution in [3.8, 4) is 0 Å². The van der Waals surface area contributed by atoms with Crippen molar-refractivity contribution >= 4 is 33.3 Å². The molecule has 0 atom stereocenters. The van der Waals surface area contributed by atoms with E-state index in [1.54, 1.807) is 45.3 Å². The predicted octanol–water partition coefficient (Wildman–Crippen LogP) is 1.90. The summed E-state index contributed by atoms with van der Waals surface area (Å²) in [6, 6.07) is 10.4. The Bertz CT molecular complexity index is 1040. The lowest BCUT2D eigenvalue weighted by atomic mass is 10.1. The molecule has 0 saturated carbocycles. The molecular weight excluding hydrogens is 396 g/mol. The summed E-state index contributed by atoms with van der Waals surface area (Å²) in [5.41, 5.74) is 1.52. The van der Waals surface area contributed by atoms with Crippen LogP contribution in [0, 0.1) is 6.92 Å². The van der Waals surface area contributed by atoms with E-state index in [2.05, 4.69) is 5.32 Å². The van der Waals surface area contributed by atoms with Crippen LogP contribution in [0.1, 0.15) is 26.3 Å². The molecule has 29 heavy (non-hydrogen) atoms. The van der Waals surface area contributed by atoms with E-state index in [0.717, 1.165) is 6.26 Å². The van der Waals surface area contributed by atoms with Crippen molar-refractivity contribution in [2.75, 3.05) is 32.3 Å². The molecule has 0 aliphatic heterocycles. The van der Waals surface area contributed by atoms with Crippen LogP contribution in [-0.4, -0.2) is 58.1 Å². The number of aryl methyl sites for hydroxylation is 1. The third kappa shape index (κ3) is 5.89. The first-order valence-electron chi connectivity index (χ1n) is 8.58. The van der Waals surface area contributed by atoms with Crippen molar-refractivity contribution < 1.29 is 27.5 Å². The molecule has 0 heterocycles. The number of esters is 1. The number of anilines is 1. The maximum absolute atomic E-state index is 12.2. The molecule has 0 aliphatic rings. The number of sulfone groups is 1. The molecule has 2 rings (SSSR count). The monoisotopic (exact) mass is 418 g/mol. The second kappa shape index (κ2) is 8.87. The van der Waals surface area contributed by atoms with Crippen LogP contribution in [0.3, 0.4) is 0 Å². The van der Waals surface area contributed by atoms with Gasteiger partial charge in [-0.05, 0) is 48.9 Å². The Balaban J connectivity index is 1.99. The number of hydrogen-bond acceptors (Lipinski definition) is 6. The van der Waals surface area contributed by atoms with Gasteiger partial charge in [-0.3, -0.25) is 9.59 Å². The Hall–Kier alpha value is -3.20. The van der Waals surface area contributed by atoms with Crippen LogP contribution in [-0.2, 0) is 19.4 Å². The Kier molecular flexibility index (Phi) is 6.76. The summed E-state index contributed by atoms with van der Waals surface area (Å²) in [7, 11) is -0.200. The average Bonchev–Trinajstić information content (AvgIpc) is 2.65. The summed E-state index contributed by atoms with van der Waals surface area (Å²) in [6.07, 6.45) is 1.04. The first kappa shape index (κ1) is 22.1. The van der Waals surface area contributed by atoms with Crippen molar-refractivity contribution in [2.24, 2.45) is 0 Å². The minimum absolute atomic E-state index is 0.00753. The molecule has 8 nitrogen and oxygen atoms in total. The van der Waals surface area contributed by atoms with Gasteiger partial charge in [-0.1, -0.05) is 6.07 Å². The molecule has 1 N–H and O–H groups in total. The second-order valence-corrected chi connectivity index (χ2v) is 8.67. The standard InChI is InChI=1S/C20H22N2O6S/c1-13-5-10-16(29(4,26)27)11-17(13)20(25)28-12-18(23)21-15-8-6-14(7-9-15)19(24)22(2)3/h5-11H,12H2,1-4H3,(H,21,23). The molecule has 0 spiro atoms. The average molecular weight is 418 g/mol. The van der Waals surface area contributed by atoms with E-state index >= 15 is 0 Å². The highest BCUT2D eigenvalue weighted by atomic mass is 32.2. The zero-order valence-corrected chi connectivity index (χ0v) is 17.4. The lowest BCUT2D eigenvalue weighted by Crippen LogP contribution is -2.22. The van der Waals surface area contributed by atoms with Gasteiger partial charge in [-0.2, -0.15) is 0 Å². The van der Waals surface area contributed by atoms with Gasteiger partial charge in [0.1, 0.15) is 0 Å². The number of nitrogens with one attached hydrogen (secondary N) is 1. The number of amides is 2. The molecule has 0 aromatic heterocycles. The van der Waals surface area contributed by atoms with Gasteiger partial charge in [-0.25, -0.2) is 13.2 Å². The fourth-order valence-electron chi connectivity index (χ4n) is 2.41. The number of benzene rings is 2. The molecule has 2 amide bonds. The quantitative estimate of drug-likeness (QED) is 0.718. The van der Waals surface area contributed by atoms with E-state index in [1.807, 2.05) is 0 Å². The molecular formula is C20H22N2O6S. The van der Waals surface area contributed by atoms with Crippen molar-refractivity contribution in [3.05, 3.63) is 59.2 Å². The lowest BCUT2D eigenvalue weighted by Gasteiger charge is -2.11. The topological polar surface area (TPSA) is 110 Å². The molecule has 2 aromatic carbocycles. The molecule has 0 unspecified atom stereocenters. The molecule has 0 saturated heterocycles. The van der Waals surface area contributed by atoms with Crippen LogP contribution < -0.4 is 5.32 Å². The third-order valence-corrected chi connectivity index (χ3v) is 5.12. The fraction of sp³-hybridized carbons (Fsp3) is 0.250. The van der Waals surface area contributed by atoms with E-state index in [4.69, 9.17) is 4.74 Å². The van der Waals surface area contributed by atoms with Crippen LogP contribution in [0.4, 0.5) is 5.69 Å². The number of ether oxygens (including phenoxy) is 1. The highest BCUT2D eigenvalue weighted by Gasteiger charge is 2.17. The first-order chi connectivity index (χ1) is 13.5. The van der Waals surface area contributed by atoms with Gasteiger partial charge in [0, 0.05) is 31.6 Å². The predicted molar refractivity (Wildman–Crippen MR) is 108 cm³/mol. The van der Waals surface area contributed by atoms with Crippen LogP contribution in [0.15, 0.2) is 47.4 Å². The van der Waals surface area contributed by atoms with Gasteiger partial charge < -0.3 is 15.0 Å². The smallest absolute Gasteiger partial charge is 0.338 e. The largest absolute Gasteiger partial charge is 0.452 e. The maximum atomic E-state index is 12.2. The minimum atomic E-state index is -3.48. The van der Waals surface area contributed by atoms with Crippen molar-refractivity contribution in [1.82, 2.24) is 4.90 Å². The summed E-state index contributed by atoms with van der Waals surface area (Å²) in [5, 5.41) is 2.56. The second-order valence-electron chi connectivity index (χ2n) is 6.65. The molecule has 0 aliphatic carbocycles. The maximum Gasteiger partial charge on any atom is 0.338 e. The zero-order chi connectivity index (χ0) is 21.8. The van der Waals surface area contributed by atoms with Gasteiger partial charge in [0.2, 0.25) is 0 Å². The lowest BCUT2D eigenvalue weighted by molar-refractivity contribution is -0.119. The van der Waals surface area contributed by atoms with Gasteiger partial charge in [0.25, 0.3) is 11.8 Å². The molecule has 0 bridgehead atoms. The molecule has 0 fully saturated rings. The highest BCUT2D eigenvalue weighted by Crippen LogP contribution is 2.17. The minimum Gasteiger partial charge on any atom is -0.452 e. The Morgan fingerprint density at radius 3 is 2.21 bits per heavy atom. The van der Waals surface area contributed by atoms with Crippen LogP contribution in [0.5, 0.6) is 0 Å². The number of carbonyl (C=O) groups excluding carboxylic acids is 3. The summed E-state index contributed by atoms with van der Waals surface area (Å²) in [4.78, 5) is 37.6. The summed E-state index contributed by atoms with van der Waals surface area (Å²) in [5.74, 6) is -1.53. The van der Waals surface area contributed by atoms with Gasteiger partial charge >= 0.3 is 5.97 Å². The van der Waals surface area contributed by atoms with E-state index in [9.17, 15) is 22.8 Å². The molecule has 2 aromatic rings. The summed E-state index contributed by atoms with van der Waals surface area (Å²) < 4.78 is 28.3. The van der Waals surface area contributed by atoms with Crippen LogP contribution in [0.25, 0.3) is 0 Å². The molecule has 0 radical (unpaired) electrons. The van der Waals surface area contributed by atoms with E-state index < -0.39 is 28.3 Å². The number of nitrogens with zero attached hydrogens (tertiary/aromatic N) is 1. The number of hydrogen-bond donors (Lipinski definition) is 1. The Labute approximate surface area is 169 Å². The fourth-order valence-corrected chi connectivity index (χ4v) is 3.06. The summed E-state index contributed by atoms with van der Waals surface area (Å²) >= 11 is 0. The third-order valence-electron chi connectivity index (χ3n) is 4.01. The number of carbonyl (C=O) groups is 3. The van der Waals surface area contributed by atoms with Crippen LogP contribution in [0.2, 0.25) is 0 Å². The van der Waals surface area contributed by atoms with Crippen molar-refractivity contribution in [3.63, 3.8) is 0 Å². The summed E-state index contributed by atoms with van der Waals surface area (Å²) in [6.45, 7) is 1.10. The van der Waals surface area contributed by atoms with Gasteiger partial charge in [0.15, 0.2) is 16.4 Å². The first-order valence-corrected chi connectivity index (χ1v) is 10.5. The van der Waals surface area contributed by atoms with E-state index in [1.165, 1.54) is 23.1 Å². The van der Waals surface area contributed by atoms with E-state index in [-0.39, 0.29) is 16.4 Å². The SMILES string of the molecule is Cc1ccc(S(C)(=O)=O)cc1C(=O)OCC(=O)Nc1ccc(C(=O)N(C)C)cc1. The van der Waals surface area contributed by atoms with Crippen molar-refractivity contribution in [1.29, 1.82) is 0 Å².